The molecule has 6 radical (unpaired) electrons. The number of aromatic nitrogens is 1. The zero-order chi connectivity index (χ0) is 13.7. The summed E-state index contributed by atoms with van der Waals surface area (Å²) in [5, 5.41) is 23.8. The van der Waals surface area contributed by atoms with Crippen LogP contribution in [-0.2, 0) is 0 Å². The fourth-order valence-corrected chi connectivity index (χ4v) is 2.81. The molecule has 1 fully saturated rings. The number of phenols is 1. The van der Waals surface area contributed by atoms with Crippen molar-refractivity contribution < 1.29 is 10.2 Å². The summed E-state index contributed by atoms with van der Waals surface area (Å²) in [5.41, 5.74) is 1.56. The Hall–Kier alpha value is -1.49. The number of aromatic amines is 1. The average molecular weight is 248 g/mol. The fraction of sp³-hybridized carbons (Fsp3) is 0.333. The van der Waals surface area contributed by atoms with Gasteiger partial charge in [0.25, 0.3) is 0 Å². The summed E-state index contributed by atoms with van der Waals surface area (Å²) >= 11 is 0. The lowest BCUT2D eigenvalue weighted by molar-refractivity contribution is 0.447. The highest BCUT2D eigenvalue weighted by atomic mass is 16.3. The molecule has 3 rings (SSSR count). The second-order valence-electron chi connectivity index (χ2n) is 4.92. The van der Waals surface area contributed by atoms with Crippen molar-refractivity contribution in [1.29, 1.82) is 0 Å². The number of hydrogen-bond acceptors (Lipinski definition) is 3. The molecule has 1 atom stereocenters. The zero-order valence-corrected chi connectivity index (χ0v) is 10.3. The Morgan fingerprint density at radius 2 is 1.79 bits per heavy atom. The molecule has 1 aliphatic rings. The van der Waals surface area contributed by atoms with Gasteiger partial charge in [-0.3, -0.25) is 0 Å². The van der Waals surface area contributed by atoms with Crippen LogP contribution in [0.25, 0.3) is 10.9 Å². The molecule has 19 heavy (non-hydrogen) atoms. The molecule has 1 aromatic carbocycles. The molecule has 1 saturated heterocycles. The molecule has 0 spiro atoms. The minimum Gasteiger partial charge on any atom is -0.509 e. The molecule has 4 N–H and O–H groups in total. The molecular weight excluding hydrogens is 237 g/mol. The van der Waals surface area contributed by atoms with E-state index in [0.29, 0.717) is 16.5 Å². The zero-order valence-electron chi connectivity index (χ0n) is 10.3. The minimum atomic E-state index is -0.226. The first kappa shape index (κ1) is 12.5. The molecule has 1 aliphatic heterocycles. The van der Waals surface area contributed by atoms with E-state index in [0.717, 1.165) is 19.5 Å². The van der Waals surface area contributed by atoms with Gasteiger partial charge in [0.2, 0.25) is 0 Å². The standard InChI is InChI=1S/C12H11B3N2O2/c13-7-6-5(4-1-2-16-3-4)12(19)17-10(6)8(14)9(15)11(7)18/h4,16-19H,1-3H2. The van der Waals surface area contributed by atoms with Crippen molar-refractivity contribution in [2.75, 3.05) is 13.1 Å². The van der Waals surface area contributed by atoms with Gasteiger partial charge in [-0.15, -0.1) is 0 Å². The number of rotatable bonds is 1. The Kier molecular flexibility index (Phi) is 2.82. The summed E-state index contributed by atoms with van der Waals surface area (Å²) in [6.45, 7) is 1.64. The van der Waals surface area contributed by atoms with Crippen molar-refractivity contribution in [2.45, 2.75) is 12.3 Å². The Bertz CT molecular complexity index is 663. The van der Waals surface area contributed by atoms with Crippen molar-refractivity contribution in [1.82, 2.24) is 10.3 Å². The van der Waals surface area contributed by atoms with Crippen molar-refractivity contribution in [2.24, 2.45) is 0 Å². The number of hydrogen-bond donors (Lipinski definition) is 4. The predicted octanol–water partition coefficient (Wildman–Crippen LogP) is -1.96. The summed E-state index contributed by atoms with van der Waals surface area (Å²) in [7, 11) is 17.5. The maximum absolute atomic E-state index is 10.1. The van der Waals surface area contributed by atoms with Gasteiger partial charge in [0, 0.05) is 28.9 Å². The van der Waals surface area contributed by atoms with E-state index in [4.69, 9.17) is 23.5 Å². The summed E-state index contributed by atoms with van der Waals surface area (Å²) < 4.78 is 0. The number of aromatic hydroxyl groups is 2. The molecule has 0 bridgehead atoms. The maximum Gasteiger partial charge on any atom is 0.192 e. The minimum absolute atomic E-state index is 0.0300. The molecule has 0 aliphatic carbocycles. The summed E-state index contributed by atoms with van der Waals surface area (Å²) in [5.74, 6) is -0.0539. The molecule has 1 aromatic heterocycles. The summed E-state index contributed by atoms with van der Waals surface area (Å²) in [4.78, 5) is 2.81. The van der Waals surface area contributed by atoms with Crippen LogP contribution in [0.1, 0.15) is 17.9 Å². The number of fused-ring (bicyclic) bond motifs is 1. The first-order valence-electron chi connectivity index (χ1n) is 6.13. The molecule has 2 heterocycles. The first-order chi connectivity index (χ1) is 9.02. The van der Waals surface area contributed by atoms with Crippen LogP contribution in [0.4, 0.5) is 0 Å². The predicted molar refractivity (Wildman–Crippen MR) is 78.0 cm³/mol. The van der Waals surface area contributed by atoms with E-state index in [9.17, 15) is 10.2 Å². The number of benzene rings is 1. The van der Waals surface area contributed by atoms with Gasteiger partial charge >= 0.3 is 0 Å². The Balaban J connectivity index is 2.36. The lowest BCUT2D eigenvalue weighted by Crippen LogP contribution is -2.32. The molecule has 0 saturated carbocycles. The number of nitrogens with one attached hydrogen (secondary N) is 2. The van der Waals surface area contributed by atoms with Gasteiger partial charge in [-0.25, -0.2) is 0 Å². The van der Waals surface area contributed by atoms with E-state index in [2.05, 4.69) is 10.3 Å². The van der Waals surface area contributed by atoms with E-state index in [1.807, 2.05) is 0 Å². The van der Waals surface area contributed by atoms with Crippen LogP contribution in [0.5, 0.6) is 11.6 Å². The summed E-state index contributed by atoms with van der Waals surface area (Å²) in [6.07, 6.45) is 0.894. The first-order valence-corrected chi connectivity index (χ1v) is 6.13. The highest BCUT2D eigenvalue weighted by Gasteiger charge is 2.26. The van der Waals surface area contributed by atoms with Crippen LogP contribution >= 0.6 is 0 Å². The fourth-order valence-electron chi connectivity index (χ4n) is 2.81. The monoisotopic (exact) mass is 248 g/mol. The highest BCUT2D eigenvalue weighted by molar-refractivity contribution is 6.57. The largest absolute Gasteiger partial charge is 0.509 e. The van der Waals surface area contributed by atoms with Gasteiger partial charge in [0.05, 0.1) is 0 Å². The third-order valence-corrected chi connectivity index (χ3v) is 3.83. The van der Waals surface area contributed by atoms with Crippen molar-refractivity contribution in [3.05, 3.63) is 5.56 Å². The molecule has 90 valence electrons. The van der Waals surface area contributed by atoms with Gasteiger partial charge in [0.15, 0.2) is 5.88 Å². The smallest absolute Gasteiger partial charge is 0.192 e. The quantitative estimate of drug-likeness (QED) is 0.443. The van der Waals surface area contributed by atoms with Gasteiger partial charge in [-0.1, -0.05) is 10.9 Å². The lowest BCUT2D eigenvalue weighted by Gasteiger charge is -2.14. The van der Waals surface area contributed by atoms with Crippen molar-refractivity contribution in [3.63, 3.8) is 0 Å². The molecule has 1 unspecified atom stereocenters. The van der Waals surface area contributed by atoms with Crippen LogP contribution in [0.15, 0.2) is 0 Å². The third kappa shape index (κ3) is 1.68. The number of phenolic OH excluding ortho intramolecular Hbond substituents is 1. The van der Waals surface area contributed by atoms with E-state index in [-0.39, 0.29) is 33.9 Å². The Labute approximate surface area is 114 Å². The third-order valence-electron chi connectivity index (χ3n) is 3.83. The average Bonchev–Trinajstić information content (AvgIpc) is 3.00. The van der Waals surface area contributed by atoms with Crippen LogP contribution < -0.4 is 21.7 Å². The second kappa shape index (κ2) is 4.27. The Morgan fingerprint density at radius 3 is 2.42 bits per heavy atom. The van der Waals surface area contributed by atoms with Crippen LogP contribution in [-0.4, -0.2) is 51.8 Å². The molecule has 4 nitrogen and oxygen atoms in total. The van der Waals surface area contributed by atoms with E-state index in [1.165, 1.54) is 0 Å². The topological polar surface area (TPSA) is 68.3 Å². The normalized spacial score (nSPS) is 19.3. The van der Waals surface area contributed by atoms with Gasteiger partial charge in [-0.05, 0) is 18.4 Å². The van der Waals surface area contributed by atoms with E-state index >= 15 is 0 Å². The Morgan fingerprint density at radius 1 is 1.05 bits per heavy atom. The summed E-state index contributed by atoms with van der Waals surface area (Å²) in [6, 6.07) is 0. The van der Waals surface area contributed by atoms with Gasteiger partial charge < -0.3 is 20.5 Å². The number of H-pyrrole nitrogens is 1. The van der Waals surface area contributed by atoms with Crippen molar-refractivity contribution >= 4 is 50.8 Å². The lowest BCUT2D eigenvalue weighted by atomic mass is 9.73. The van der Waals surface area contributed by atoms with Crippen LogP contribution in [0.2, 0.25) is 0 Å². The maximum atomic E-state index is 10.1. The molecule has 0 amide bonds. The second-order valence-corrected chi connectivity index (χ2v) is 4.92. The van der Waals surface area contributed by atoms with Gasteiger partial charge in [-0.2, -0.15) is 0 Å². The van der Waals surface area contributed by atoms with Crippen LogP contribution in [0, 0.1) is 0 Å². The van der Waals surface area contributed by atoms with E-state index in [1.54, 1.807) is 0 Å². The SMILES string of the molecule is [B]c1c(O)c([B])c2c(C3CCNC3)c(O)[nH]c2c1[B]. The molecular formula is C12H11B3N2O2. The van der Waals surface area contributed by atoms with Crippen LogP contribution in [0.3, 0.4) is 0 Å². The van der Waals surface area contributed by atoms with E-state index < -0.39 is 0 Å². The van der Waals surface area contributed by atoms with Crippen molar-refractivity contribution in [3.8, 4) is 11.6 Å². The molecule has 7 heteroatoms. The highest BCUT2D eigenvalue weighted by Crippen LogP contribution is 2.35. The van der Waals surface area contributed by atoms with Gasteiger partial charge in [0.1, 0.15) is 29.3 Å². The molecule has 2 aromatic rings.